The number of hydrogen-bond donors (Lipinski definition) is 1. The lowest BCUT2D eigenvalue weighted by molar-refractivity contribution is 0.414. The SMILES string of the molecule is COc1ccc(Sc2nc(N)c(F)cc2F)cc1. The van der Waals surface area contributed by atoms with Crippen LogP contribution in [-0.4, -0.2) is 12.1 Å². The highest BCUT2D eigenvalue weighted by atomic mass is 32.2. The Hall–Kier alpha value is -1.82. The molecule has 0 aliphatic rings. The number of hydrogen-bond acceptors (Lipinski definition) is 4. The molecule has 0 radical (unpaired) electrons. The Bertz CT molecular complexity index is 561. The Labute approximate surface area is 107 Å². The van der Waals surface area contributed by atoms with Gasteiger partial charge in [-0.2, -0.15) is 0 Å². The van der Waals surface area contributed by atoms with Gasteiger partial charge in [-0.05, 0) is 24.3 Å². The van der Waals surface area contributed by atoms with Gasteiger partial charge in [0.1, 0.15) is 10.8 Å². The third-order valence-corrected chi connectivity index (χ3v) is 3.19. The third-order valence-electron chi connectivity index (χ3n) is 2.20. The van der Waals surface area contributed by atoms with Gasteiger partial charge in [-0.15, -0.1) is 0 Å². The number of ether oxygens (including phenoxy) is 1. The summed E-state index contributed by atoms with van der Waals surface area (Å²) in [7, 11) is 1.56. The molecule has 2 aromatic rings. The molecule has 0 spiro atoms. The first-order valence-corrected chi connectivity index (χ1v) is 5.85. The average molecular weight is 268 g/mol. The number of nitrogen functional groups attached to an aromatic ring is 1. The van der Waals surface area contributed by atoms with E-state index < -0.39 is 11.6 Å². The summed E-state index contributed by atoms with van der Waals surface area (Å²) in [5.41, 5.74) is 5.30. The predicted molar refractivity (Wildman–Crippen MR) is 65.7 cm³/mol. The molecule has 0 fully saturated rings. The largest absolute Gasteiger partial charge is 0.497 e. The van der Waals surface area contributed by atoms with E-state index in [0.717, 1.165) is 22.7 Å². The second-order valence-corrected chi connectivity index (χ2v) is 4.48. The summed E-state index contributed by atoms with van der Waals surface area (Å²) < 4.78 is 31.4. The van der Waals surface area contributed by atoms with Crippen LogP contribution in [0.15, 0.2) is 40.3 Å². The Morgan fingerprint density at radius 3 is 2.44 bits per heavy atom. The monoisotopic (exact) mass is 268 g/mol. The molecule has 18 heavy (non-hydrogen) atoms. The molecule has 1 aromatic carbocycles. The van der Waals surface area contributed by atoms with Gasteiger partial charge in [0.25, 0.3) is 0 Å². The van der Waals surface area contributed by atoms with Crippen LogP contribution in [0.4, 0.5) is 14.6 Å². The first-order valence-electron chi connectivity index (χ1n) is 5.03. The number of halogens is 2. The molecule has 0 unspecified atom stereocenters. The van der Waals surface area contributed by atoms with Gasteiger partial charge in [0.15, 0.2) is 17.5 Å². The van der Waals surface area contributed by atoms with Crippen molar-refractivity contribution in [3.63, 3.8) is 0 Å². The lowest BCUT2D eigenvalue weighted by Crippen LogP contribution is -1.98. The van der Waals surface area contributed by atoms with Gasteiger partial charge < -0.3 is 10.5 Å². The Kier molecular flexibility index (Phi) is 3.66. The fourth-order valence-electron chi connectivity index (χ4n) is 1.29. The lowest BCUT2D eigenvalue weighted by atomic mass is 10.3. The third kappa shape index (κ3) is 2.70. The number of nitrogens with zero attached hydrogens (tertiary/aromatic N) is 1. The van der Waals surface area contributed by atoms with Crippen molar-refractivity contribution in [1.29, 1.82) is 0 Å². The molecular weight excluding hydrogens is 258 g/mol. The fourth-order valence-corrected chi connectivity index (χ4v) is 2.09. The first kappa shape index (κ1) is 12.6. The first-order chi connectivity index (χ1) is 8.60. The van der Waals surface area contributed by atoms with Crippen molar-refractivity contribution in [3.05, 3.63) is 42.0 Å². The van der Waals surface area contributed by atoms with E-state index in [1.54, 1.807) is 31.4 Å². The van der Waals surface area contributed by atoms with Crippen LogP contribution in [0.1, 0.15) is 0 Å². The van der Waals surface area contributed by atoms with Crippen LogP contribution in [-0.2, 0) is 0 Å². The molecular formula is C12H10F2N2OS. The Balaban J connectivity index is 2.25. The maximum absolute atomic E-state index is 13.5. The molecule has 6 heteroatoms. The summed E-state index contributed by atoms with van der Waals surface area (Å²) in [6, 6.07) is 7.72. The van der Waals surface area contributed by atoms with Crippen LogP contribution in [0.25, 0.3) is 0 Å². The molecule has 0 bridgehead atoms. The Morgan fingerprint density at radius 2 is 1.83 bits per heavy atom. The van der Waals surface area contributed by atoms with Gasteiger partial charge in [0.05, 0.1) is 7.11 Å². The van der Waals surface area contributed by atoms with Gasteiger partial charge in [0, 0.05) is 11.0 Å². The minimum Gasteiger partial charge on any atom is -0.497 e. The number of nitrogens with two attached hydrogens (primary N) is 1. The van der Waals surface area contributed by atoms with Crippen molar-refractivity contribution in [2.24, 2.45) is 0 Å². The Morgan fingerprint density at radius 1 is 1.17 bits per heavy atom. The van der Waals surface area contributed by atoms with E-state index in [4.69, 9.17) is 10.5 Å². The average Bonchev–Trinajstić information content (AvgIpc) is 2.37. The fraction of sp³-hybridized carbons (Fsp3) is 0.0833. The minimum atomic E-state index is -0.855. The number of benzene rings is 1. The minimum absolute atomic E-state index is 0.0408. The number of rotatable bonds is 3. The molecule has 0 atom stereocenters. The smallest absolute Gasteiger partial charge is 0.168 e. The van der Waals surface area contributed by atoms with Crippen molar-refractivity contribution in [2.45, 2.75) is 9.92 Å². The molecule has 1 aromatic heterocycles. The summed E-state index contributed by atoms with van der Waals surface area (Å²) >= 11 is 1.07. The second-order valence-electron chi connectivity index (χ2n) is 3.42. The van der Waals surface area contributed by atoms with Gasteiger partial charge >= 0.3 is 0 Å². The van der Waals surface area contributed by atoms with E-state index in [1.165, 1.54) is 0 Å². The topological polar surface area (TPSA) is 48.1 Å². The summed E-state index contributed by atoms with van der Waals surface area (Å²) in [5, 5.41) is 0.0408. The molecule has 0 amide bonds. The van der Waals surface area contributed by atoms with Gasteiger partial charge in [0.2, 0.25) is 0 Å². The van der Waals surface area contributed by atoms with Crippen LogP contribution < -0.4 is 10.5 Å². The van der Waals surface area contributed by atoms with E-state index >= 15 is 0 Å². The quantitative estimate of drug-likeness (QED) is 0.929. The van der Waals surface area contributed by atoms with Crippen LogP contribution in [0.2, 0.25) is 0 Å². The van der Waals surface area contributed by atoms with Crippen molar-refractivity contribution >= 4 is 17.6 Å². The van der Waals surface area contributed by atoms with Crippen LogP contribution in [0.3, 0.4) is 0 Å². The molecule has 3 nitrogen and oxygen atoms in total. The van der Waals surface area contributed by atoms with Crippen molar-refractivity contribution < 1.29 is 13.5 Å². The summed E-state index contributed by atoms with van der Waals surface area (Å²) in [6.07, 6.45) is 0. The van der Waals surface area contributed by atoms with Gasteiger partial charge in [-0.25, -0.2) is 13.8 Å². The van der Waals surface area contributed by atoms with Crippen LogP contribution >= 0.6 is 11.8 Å². The van der Waals surface area contributed by atoms with Gasteiger partial charge in [-0.3, -0.25) is 0 Å². The molecule has 2 rings (SSSR count). The molecule has 0 saturated carbocycles. The zero-order valence-electron chi connectivity index (χ0n) is 9.48. The highest BCUT2D eigenvalue weighted by molar-refractivity contribution is 7.99. The van der Waals surface area contributed by atoms with E-state index in [9.17, 15) is 8.78 Å². The summed E-state index contributed by atoms with van der Waals surface area (Å²) in [4.78, 5) is 4.43. The maximum Gasteiger partial charge on any atom is 0.168 e. The molecule has 1 heterocycles. The van der Waals surface area contributed by atoms with Crippen molar-refractivity contribution in [3.8, 4) is 5.75 Å². The molecule has 2 N–H and O–H groups in total. The predicted octanol–water partition coefficient (Wildman–Crippen LogP) is 3.10. The second kappa shape index (κ2) is 5.22. The van der Waals surface area contributed by atoms with Crippen molar-refractivity contribution in [1.82, 2.24) is 4.98 Å². The zero-order chi connectivity index (χ0) is 13.1. The normalized spacial score (nSPS) is 10.4. The van der Waals surface area contributed by atoms with Crippen LogP contribution in [0, 0.1) is 11.6 Å². The lowest BCUT2D eigenvalue weighted by Gasteiger charge is -2.05. The zero-order valence-corrected chi connectivity index (χ0v) is 10.3. The van der Waals surface area contributed by atoms with Crippen molar-refractivity contribution in [2.75, 3.05) is 12.8 Å². The maximum atomic E-state index is 13.5. The molecule has 0 aliphatic carbocycles. The van der Waals surface area contributed by atoms with E-state index in [2.05, 4.69) is 4.98 Å². The molecule has 0 saturated heterocycles. The standard InChI is InChI=1S/C12H10F2N2OS/c1-17-7-2-4-8(5-3-7)18-12-10(14)6-9(13)11(15)16-12/h2-6H,1H3,(H2,15,16). The van der Waals surface area contributed by atoms with Crippen LogP contribution in [0.5, 0.6) is 5.75 Å². The van der Waals surface area contributed by atoms with Gasteiger partial charge in [-0.1, -0.05) is 11.8 Å². The number of methoxy groups -OCH3 is 1. The summed E-state index contributed by atoms with van der Waals surface area (Å²) in [6.45, 7) is 0. The molecule has 0 aliphatic heterocycles. The highest BCUT2D eigenvalue weighted by Crippen LogP contribution is 2.30. The van der Waals surface area contributed by atoms with E-state index in [0.29, 0.717) is 5.75 Å². The molecule has 94 valence electrons. The number of aromatic nitrogens is 1. The highest BCUT2D eigenvalue weighted by Gasteiger charge is 2.11. The number of pyridine rings is 1. The number of anilines is 1. The van der Waals surface area contributed by atoms with E-state index in [-0.39, 0.29) is 10.8 Å². The van der Waals surface area contributed by atoms with E-state index in [1.807, 2.05) is 0 Å². The summed E-state index contributed by atoms with van der Waals surface area (Å²) in [5.74, 6) is -1.20.